The highest BCUT2D eigenvalue weighted by atomic mass is 19.4. The number of amides is 1. The summed E-state index contributed by atoms with van der Waals surface area (Å²) < 4.78 is 39.5. The number of carbonyl (C=O) groups is 1. The van der Waals surface area contributed by atoms with Crippen molar-refractivity contribution < 1.29 is 18.0 Å². The van der Waals surface area contributed by atoms with Crippen LogP contribution in [-0.2, 0) is 11.0 Å². The highest BCUT2D eigenvalue weighted by Crippen LogP contribution is 2.33. The largest absolute Gasteiger partial charge is 0.416 e. The molecule has 1 aliphatic rings. The van der Waals surface area contributed by atoms with Gasteiger partial charge in [0.15, 0.2) is 5.82 Å². The van der Waals surface area contributed by atoms with Crippen molar-refractivity contribution in [2.45, 2.75) is 60.6 Å². The van der Waals surface area contributed by atoms with Crippen LogP contribution in [0.25, 0.3) is 11.4 Å². The third-order valence-corrected chi connectivity index (χ3v) is 6.23. The zero-order chi connectivity index (χ0) is 25.3. The fourth-order valence-electron chi connectivity index (χ4n) is 4.60. The van der Waals surface area contributed by atoms with Gasteiger partial charge in [-0.15, -0.1) is 0 Å². The third kappa shape index (κ3) is 6.48. The molecule has 0 radical (unpaired) electrons. The van der Waals surface area contributed by atoms with Gasteiger partial charge >= 0.3 is 6.18 Å². The highest BCUT2D eigenvalue weighted by molar-refractivity contribution is 5.76. The second-order valence-corrected chi connectivity index (χ2v) is 10.6. The fourth-order valence-corrected chi connectivity index (χ4v) is 4.60. The lowest BCUT2D eigenvalue weighted by Crippen LogP contribution is -2.49. The van der Waals surface area contributed by atoms with Crippen molar-refractivity contribution in [3.8, 4) is 11.4 Å². The van der Waals surface area contributed by atoms with Gasteiger partial charge in [-0.05, 0) is 43.7 Å². The molecular weight excluding hydrogens is 441 g/mol. The normalized spacial score (nSPS) is 16.0. The smallest absolute Gasteiger partial charge is 0.353 e. The van der Waals surface area contributed by atoms with Crippen molar-refractivity contribution in [1.82, 2.24) is 14.9 Å². The van der Waals surface area contributed by atoms with Gasteiger partial charge in [-0.1, -0.05) is 39.8 Å². The third-order valence-electron chi connectivity index (χ3n) is 6.23. The Morgan fingerprint density at radius 3 is 2.29 bits per heavy atom. The molecule has 1 saturated heterocycles. The number of benzene rings is 1. The first kappa shape index (κ1) is 26.0. The summed E-state index contributed by atoms with van der Waals surface area (Å²) in [5, 5.41) is 0. The van der Waals surface area contributed by atoms with Gasteiger partial charge < -0.3 is 9.80 Å². The van der Waals surface area contributed by atoms with E-state index in [9.17, 15) is 18.0 Å². The molecular formula is C26H35F3N4O. The molecule has 1 fully saturated rings. The van der Waals surface area contributed by atoms with Crippen molar-refractivity contribution in [2.24, 2.45) is 11.3 Å². The summed E-state index contributed by atoms with van der Waals surface area (Å²) in [6.45, 7) is 14.9. The maximum absolute atomic E-state index is 13.2. The van der Waals surface area contributed by atoms with Crippen LogP contribution in [0, 0.1) is 25.2 Å². The summed E-state index contributed by atoms with van der Waals surface area (Å²) >= 11 is 0. The number of hydrogen-bond acceptors (Lipinski definition) is 4. The monoisotopic (exact) mass is 476 g/mol. The minimum atomic E-state index is -4.42. The molecule has 0 spiro atoms. The summed E-state index contributed by atoms with van der Waals surface area (Å²) in [5.41, 5.74) is 1.43. The van der Waals surface area contributed by atoms with Crippen LogP contribution in [0.1, 0.15) is 57.4 Å². The van der Waals surface area contributed by atoms with Gasteiger partial charge in [0, 0.05) is 49.4 Å². The minimum absolute atomic E-state index is 0.177. The van der Waals surface area contributed by atoms with E-state index in [-0.39, 0.29) is 17.1 Å². The Bertz CT molecular complexity index is 1020. The molecule has 1 aromatic heterocycles. The number of anilines is 1. The number of aromatic nitrogens is 2. The average molecular weight is 477 g/mol. The summed E-state index contributed by atoms with van der Waals surface area (Å²) in [5.74, 6) is 1.50. The zero-order valence-electron chi connectivity index (χ0n) is 21.0. The van der Waals surface area contributed by atoms with E-state index < -0.39 is 11.7 Å². The number of piperazine rings is 1. The molecule has 5 nitrogen and oxygen atoms in total. The quantitative estimate of drug-likeness (QED) is 0.540. The van der Waals surface area contributed by atoms with Crippen LogP contribution in [0.2, 0.25) is 0 Å². The molecule has 2 aromatic rings. The van der Waals surface area contributed by atoms with E-state index in [0.717, 1.165) is 29.8 Å². The number of hydrogen-bond donors (Lipinski definition) is 0. The second-order valence-electron chi connectivity index (χ2n) is 10.6. The SMILES string of the molecule is Cc1nc(-c2cccc(C(F)(F)F)c2)nc(N2CCN(C(=O)C[C@@H](C)CC(C)(C)C)CC2)c1C. The van der Waals surface area contributed by atoms with E-state index >= 15 is 0 Å². The molecule has 0 saturated carbocycles. The number of carbonyl (C=O) groups excluding carboxylic acids is 1. The van der Waals surface area contributed by atoms with Crippen molar-refractivity contribution in [1.29, 1.82) is 0 Å². The highest BCUT2D eigenvalue weighted by Gasteiger charge is 2.31. The molecule has 1 atom stereocenters. The van der Waals surface area contributed by atoms with Gasteiger partial charge in [-0.25, -0.2) is 9.97 Å². The van der Waals surface area contributed by atoms with E-state index in [1.165, 1.54) is 6.07 Å². The fraction of sp³-hybridized carbons (Fsp3) is 0.577. The molecule has 1 aliphatic heterocycles. The number of rotatable bonds is 5. The van der Waals surface area contributed by atoms with E-state index in [4.69, 9.17) is 0 Å². The Morgan fingerprint density at radius 2 is 1.71 bits per heavy atom. The van der Waals surface area contributed by atoms with Crippen LogP contribution in [-0.4, -0.2) is 47.0 Å². The number of alkyl halides is 3. The Labute approximate surface area is 200 Å². The van der Waals surface area contributed by atoms with Gasteiger partial charge in [-0.2, -0.15) is 13.2 Å². The molecule has 0 bridgehead atoms. The van der Waals surface area contributed by atoms with Crippen molar-refractivity contribution in [3.63, 3.8) is 0 Å². The Hall–Kier alpha value is -2.64. The van der Waals surface area contributed by atoms with Crippen LogP contribution < -0.4 is 4.90 Å². The van der Waals surface area contributed by atoms with Crippen molar-refractivity contribution in [3.05, 3.63) is 41.1 Å². The molecule has 1 aromatic carbocycles. The van der Waals surface area contributed by atoms with Crippen molar-refractivity contribution >= 4 is 11.7 Å². The second kappa shape index (κ2) is 9.92. The topological polar surface area (TPSA) is 49.3 Å². The molecule has 0 unspecified atom stereocenters. The molecule has 34 heavy (non-hydrogen) atoms. The first-order chi connectivity index (χ1) is 15.7. The van der Waals surface area contributed by atoms with E-state index in [1.54, 1.807) is 6.07 Å². The maximum atomic E-state index is 13.2. The standard InChI is InChI=1S/C26H35F3N4O/c1-17(16-25(4,5)6)14-22(34)32-10-12-33(13-11-32)24-18(2)19(3)30-23(31-24)20-8-7-9-21(15-20)26(27,28)29/h7-9,15,17H,10-14,16H2,1-6H3/t17-/m1/s1. The average Bonchev–Trinajstić information content (AvgIpc) is 2.74. The first-order valence-electron chi connectivity index (χ1n) is 11.8. The number of aryl methyl sites for hydroxylation is 1. The van der Waals surface area contributed by atoms with E-state index in [2.05, 4.69) is 42.6 Å². The Balaban J connectivity index is 1.73. The lowest BCUT2D eigenvalue weighted by atomic mass is 9.84. The Kier molecular flexibility index (Phi) is 7.58. The summed E-state index contributed by atoms with van der Waals surface area (Å²) in [6, 6.07) is 5.10. The zero-order valence-corrected chi connectivity index (χ0v) is 21.0. The molecule has 0 aliphatic carbocycles. The van der Waals surface area contributed by atoms with Gasteiger partial charge in [0.1, 0.15) is 5.82 Å². The van der Waals surface area contributed by atoms with Crippen LogP contribution >= 0.6 is 0 Å². The van der Waals surface area contributed by atoms with Crippen LogP contribution in [0.4, 0.5) is 19.0 Å². The molecule has 2 heterocycles. The lowest BCUT2D eigenvalue weighted by molar-refractivity contribution is -0.137. The molecule has 3 rings (SSSR count). The molecule has 186 valence electrons. The van der Waals surface area contributed by atoms with E-state index in [1.807, 2.05) is 18.7 Å². The minimum Gasteiger partial charge on any atom is -0.353 e. The van der Waals surface area contributed by atoms with Gasteiger partial charge in [0.25, 0.3) is 0 Å². The molecule has 0 N–H and O–H groups in total. The molecule has 8 heteroatoms. The van der Waals surface area contributed by atoms with Crippen LogP contribution in [0.5, 0.6) is 0 Å². The van der Waals surface area contributed by atoms with Crippen LogP contribution in [0.3, 0.4) is 0 Å². The lowest BCUT2D eigenvalue weighted by Gasteiger charge is -2.37. The summed E-state index contributed by atoms with van der Waals surface area (Å²) in [7, 11) is 0. The van der Waals surface area contributed by atoms with E-state index in [0.29, 0.717) is 49.9 Å². The van der Waals surface area contributed by atoms with Crippen molar-refractivity contribution in [2.75, 3.05) is 31.1 Å². The summed E-state index contributed by atoms with van der Waals surface area (Å²) in [4.78, 5) is 25.9. The maximum Gasteiger partial charge on any atom is 0.416 e. The van der Waals surface area contributed by atoms with Gasteiger partial charge in [0.05, 0.1) is 5.56 Å². The van der Waals surface area contributed by atoms with Gasteiger partial charge in [-0.3, -0.25) is 4.79 Å². The van der Waals surface area contributed by atoms with Crippen LogP contribution in [0.15, 0.2) is 24.3 Å². The van der Waals surface area contributed by atoms with Gasteiger partial charge in [0.2, 0.25) is 5.91 Å². The predicted molar refractivity (Wildman–Crippen MR) is 129 cm³/mol. The first-order valence-corrected chi connectivity index (χ1v) is 11.8. The summed E-state index contributed by atoms with van der Waals surface area (Å²) in [6.07, 6.45) is -2.88. The number of halogens is 3. The predicted octanol–water partition coefficient (Wildman–Crippen LogP) is 5.89. The Morgan fingerprint density at radius 1 is 1.06 bits per heavy atom. The molecule has 1 amide bonds. The number of nitrogens with zero attached hydrogens (tertiary/aromatic N) is 4.